The first-order valence-corrected chi connectivity index (χ1v) is 4.97. The molecule has 0 saturated carbocycles. The number of rotatable bonds is 4. The van der Waals surface area contributed by atoms with Gasteiger partial charge in [0.25, 0.3) is 5.91 Å². The van der Waals surface area contributed by atoms with E-state index in [9.17, 15) is 14.4 Å². The van der Waals surface area contributed by atoms with Gasteiger partial charge in [-0.15, -0.1) is 0 Å². The van der Waals surface area contributed by atoms with Gasteiger partial charge in [-0.1, -0.05) is 0 Å². The Morgan fingerprint density at radius 3 is 2.33 bits per heavy atom. The van der Waals surface area contributed by atoms with Gasteiger partial charge in [0.2, 0.25) is 5.91 Å². The van der Waals surface area contributed by atoms with E-state index in [1.807, 2.05) is 13.8 Å². The molecule has 84 valence electrons. The lowest BCUT2D eigenvalue weighted by atomic mass is 10.2. The normalized spacial score (nSPS) is 19.7. The van der Waals surface area contributed by atoms with E-state index < -0.39 is 18.0 Å². The molecular weight excluding hydrogens is 198 g/mol. The Bertz CT molecular complexity index is 286. The summed E-state index contributed by atoms with van der Waals surface area (Å²) in [6.45, 7) is 4.96. The lowest BCUT2D eigenvalue weighted by Crippen LogP contribution is -2.38. The number of imide groups is 1. The fourth-order valence-electron chi connectivity index (χ4n) is 1.48. The zero-order valence-electron chi connectivity index (χ0n) is 8.87. The third kappa shape index (κ3) is 2.68. The minimum absolute atomic E-state index is 0.0270. The molecule has 1 rings (SSSR count). The van der Waals surface area contributed by atoms with Crippen LogP contribution in [0.15, 0.2) is 0 Å². The van der Waals surface area contributed by atoms with Crippen molar-refractivity contribution < 1.29 is 14.4 Å². The van der Waals surface area contributed by atoms with Gasteiger partial charge in [0.05, 0.1) is 6.42 Å². The van der Waals surface area contributed by atoms with Crippen molar-refractivity contribution in [2.75, 3.05) is 13.1 Å². The molecule has 15 heavy (non-hydrogen) atoms. The van der Waals surface area contributed by atoms with Crippen LogP contribution >= 0.6 is 0 Å². The maximum Gasteiger partial charge on any atom is 0.322 e. The minimum atomic E-state index is -0.717. The summed E-state index contributed by atoms with van der Waals surface area (Å²) in [5, 5.41) is 4.48. The second-order valence-corrected chi connectivity index (χ2v) is 3.29. The number of carbonyl (C=O) groups excluding carboxylic acids is 3. The molecule has 6 nitrogen and oxygen atoms in total. The van der Waals surface area contributed by atoms with Gasteiger partial charge in [0.1, 0.15) is 6.04 Å². The molecule has 0 radical (unpaired) electrons. The summed E-state index contributed by atoms with van der Waals surface area (Å²) in [5.74, 6) is -0.553. The Labute approximate surface area is 88.0 Å². The van der Waals surface area contributed by atoms with Crippen molar-refractivity contribution in [1.82, 2.24) is 15.5 Å². The molecule has 1 atom stereocenters. The topological polar surface area (TPSA) is 78.5 Å². The summed E-state index contributed by atoms with van der Waals surface area (Å²) < 4.78 is 0. The fourth-order valence-corrected chi connectivity index (χ4v) is 1.48. The largest absolute Gasteiger partial charge is 0.343 e. The standard InChI is InChI=1S/C9H15N3O3/c1-3-12(4-2)7(13)5-6-8(14)11-9(15)10-6/h6H,3-5H2,1-2H3,(H2,10,11,14,15). The molecule has 0 aliphatic carbocycles. The molecule has 0 aromatic carbocycles. The number of nitrogens with one attached hydrogen (secondary N) is 2. The Morgan fingerprint density at radius 1 is 1.33 bits per heavy atom. The van der Waals surface area contributed by atoms with E-state index in [-0.39, 0.29) is 12.3 Å². The average Bonchev–Trinajstić information content (AvgIpc) is 2.47. The van der Waals surface area contributed by atoms with Gasteiger partial charge in [0.15, 0.2) is 0 Å². The summed E-state index contributed by atoms with van der Waals surface area (Å²) in [7, 11) is 0. The van der Waals surface area contributed by atoms with Gasteiger partial charge in [0, 0.05) is 13.1 Å². The first kappa shape index (κ1) is 11.5. The molecule has 0 spiro atoms. The second-order valence-electron chi connectivity index (χ2n) is 3.29. The summed E-state index contributed by atoms with van der Waals surface area (Å²) >= 11 is 0. The predicted octanol–water partition coefficient (Wildman–Crippen LogP) is -0.547. The van der Waals surface area contributed by atoms with E-state index in [2.05, 4.69) is 10.6 Å². The molecule has 6 heteroatoms. The van der Waals surface area contributed by atoms with Crippen molar-refractivity contribution >= 4 is 17.8 Å². The Balaban J connectivity index is 2.51. The first-order valence-electron chi connectivity index (χ1n) is 4.97. The van der Waals surface area contributed by atoms with Crippen molar-refractivity contribution in [1.29, 1.82) is 0 Å². The highest BCUT2D eigenvalue weighted by Gasteiger charge is 2.32. The molecule has 0 aromatic rings. The number of nitrogens with zero attached hydrogens (tertiary/aromatic N) is 1. The Hall–Kier alpha value is -1.59. The molecule has 0 aromatic heterocycles. The third-order valence-electron chi connectivity index (χ3n) is 2.35. The summed E-state index contributed by atoms with van der Waals surface area (Å²) in [6.07, 6.45) is 0.0270. The monoisotopic (exact) mass is 213 g/mol. The molecule has 1 aliphatic heterocycles. The van der Waals surface area contributed by atoms with Crippen LogP contribution in [-0.4, -0.2) is 41.9 Å². The summed E-state index contributed by atoms with van der Waals surface area (Å²) in [6, 6.07) is -1.25. The molecule has 1 heterocycles. The zero-order chi connectivity index (χ0) is 11.4. The highest BCUT2D eigenvalue weighted by molar-refractivity contribution is 6.05. The quantitative estimate of drug-likeness (QED) is 0.615. The second kappa shape index (κ2) is 4.77. The van der Waals surface area contributed by atoms with Gasteiger partial charge < -0.3 is 10.2 Å². The molecule has 0 bridgehead atoms. The van der Waals surface area contributed by atoms with Crippen molar-refractivity contribution in [3.05, 3.63) is 0 Å². The molecule has 2 N–H and O–H groups in total. The van der Waals surface area contributed by atoms with Crippen LogP contribution in [0.2, 0.25) is 0 Å². The summed E-state index contributed by atoms with van der Waals surface area (Å²) in [5.41, 5.74) is 0. The Kier molecular flexibility index (Phi) is 3.65. The number of carbonyl (C=O) groups is 3. The molecule has 4 amide bonds. The number of hydrogen-bond acceptors (Lipinski definition) is 3. The van der Waals surface area contributed by atoms with Crippen LogP contribution in [0.4, 0.5) is 4.79 Å². The lowest BCUT2D eigenvalue weighted by molar-refractivity contribution is -0.133. The Morgan fingerprint density at radius 2 is 1.93 bits per heavy atom. The van der Waals surface area contributed by atoms with Gasteiger partial charge in [-0.25, -0.2) is 4.79 Å². The fraction of sp³-hybridized carbons (Fsp3) is 0.667. The van der Waals surface area contributed by atoms with Gasteiger partial charge in [-0.05, 0) is 13.8 Å². The van der Waals surface area contributed by atoms with E-state index in [1.165, 1.54) is 0 Å². The van der Waals surface area contributed by atoms with Crippen molar-refractivity contribution in [3.8, 4) is 0 Å². The van der Waals surface area contributed by atoms with Crippen molar-refractivity contribution in [3.63, 3.8) is 0 Å². The predicted molar refractivity (Wildman–Crippen MR) is 53.0 cm³/mol. The number of amides is 4. The highest BCUT2D eigenvalue weighted by atomic mass is 16.2. The van der Waals surface area contributed by atoms with E-state index in [1.54, 1.807) is 4.90 Å². The molecule has 1 saturated heterocycles. The molecule has 1 fully saturated rings. The minimum Gasteiger partial charge on any atom is -0.343 e. The first-order chi connectivity index (χ1) is 7.08. The van der Waals surface area contributed by atoms with Gasteiger partial charge >= 0.3 is 6.03 Å². The van der Waals surface area contributed by atoms with Crippen LogP contribution in [0.1, 0.15) is 20.3 Å². The van der Waals surface area contributed by atoms with Crippen molar-refractivity contribution in [2.24, 2.45) is 0 Å². The van der Waals surface area contributed by atoms with E-state index >= 15 is 0 Å². The smallest absolute Gasteiger partial charge is 0.322 e. The summed E-state index contributed by atoms with van der Waals surface area (Å²) in [4.78, 5) is 35.2. The van der Waals surface area contributed by atoms with E-state index in [4.69, 9.17) is 0 Å². The molecule has 1 unspecified atom stereocenters. The number of hydrogen-bond donors (Lipinski definition) is 2. The van der Waals surface area contributed by atoms with Crippen LogP contribution in [0.5, 0.6) is 0 Å². The van der Waals surface area contributed by atoms with E-state index in [0.717, 1.165) is 0 Å². The van der Waals surface area contributed by atoms with Crippen LogP contribution in [0.3, 0.4) is 0 Å². The van der Waals surface area contributed by atoms with Crippen LogP contribution < -0.4 is 10.6 Å². The maximum absolute atomic E-state index is 11.6. The maximum atomic E-state index is 11.6. The average molecular weight is 213 g/mol. The molecule has 1 aliphatic rings. The molecular formula is C9H15N3O3. The third-order valence-corrected chi connectivity index (χ3v) is 2.35. The van der Waals surface area contributed by atoms with Crippen LogP contribution in [-0.2, 0) is 9.59 Å². The van der Waals surface area contributed by atoms with Crippen LogP contribution in [0, 0.1) is 0 Å². The van der Waals surface area contributed by atoms with Crippen molar-refractivity contribution in [2.45, 2.75) is 26.3 Å². The van der Waals surface area contributed by atoms with Gasteiger partial charge in [-0.2, -0.15) is 0 Å². The van der Waals surface area contributed by atoms with E-state index in [0.29, 0.717) is 13.1 Å². The zero-order valence-corrected chi connectivity index (χ0v) is 8.87. The highest BCUT2D eigenvalue weighted by Crippen LogP contribution is 2.02. The lowest BCUT2D eigenvalue weighted by Gasteiger charge is -2.19. The van der Waals surface area contributed by atoms with Crippen LogP contribution in [0.25, 0.3) is 0 Å². The SMILES string of the molecule is CCN(CC)C(=O)CC1NC(=O)NC1=O. The number of urea groups is 1. The van der Waals surface area contributed by atoms with Gasteiger partial charge in [-0.3, -0.25) is 14.9 Å².